The summed E-state index contributed by atoms with van der Waals surface area (Å²) < 4.78 is 5.70. The molecule has 0 amide bonds. The number of aromatic nitrogens is 1. The lowest BCUT2D eigenvalue weighted by Crippen LogP contribution is -2.28. The highest BCUT2D eigenvalue weighted by Gasteiger charge is 2.15. The first kappa shape index (κ1) is 12.9. The highest BCUT2D eigenvalue weighted by molar-refractivity contribution is 5.76. The van der Waals surface area contributed by atoms with Gasteiger partial charge in [-0.3, -0.25) is 4.90 Å². The zero-order chi connectivity index (χ0) is 13.3. The number of fused-ring (bicyclic) bond motifs is 1. The second kappa shape index (κ2) is 4.61. The van der Waals surface area contributed by atoms with Crippen molar-refractivity contribution in [2.75, 3.05) is 19.3 Å². The molecule has 1 aromatic heterocycles. The van der Waals surface area contributed by atoms with Crippen LogP contribution in [0.2, 0.25) is 0 Å². The molecule has 18 heavy (non-hydrogen) atoms. The van der Waals surface area contributed by atoms with Crippen molar-refractivity contribution in [1.82, 2.24) is 9.88 Å². The molecule has 2 N–H and O–H groups in total. The molecular weight excluding hydrogens is 226 g/mol. The Morgan fingerprint density at radius 3 is 2.72 bits per heavy atom. The Morgan fingerprint density at radius 2 is 2.06 bits per heavy atom. The summed E-state index contributed by atoms with van der Waals surface area (Å²) in [6, 6.07) is 5.55. The topological polar surface area (TPSA) is 55.3 Å². The highest BCUT2D eigenvalue weighted by Crippen LogP contribution is 2.20. The fourth-order valence-corrected chi connectivity index (χ4v) is 2.15. The van der Waals surface area contributed by atoms with Gasteiger partial charge in [-0.1, -0.05) is 20.8 Å². The van der Waals surface area contributed by atoms with Gasteiger partial charge in [-0.25, -0.2) is 4.98 Å². The van der Waals surface area contributed by atoms with Crippen molar-refractivity contribution in [2.24, 2.45) is 5.41 Å². The number of hydrogen-bond donors (Lipinski definition) is 1. The lowest BCUT2D eigenvalue weighted by atomic mass is 9.96. The number of nitrogens with zero attached hydrogens (tertiary/aromatic N) is 2. The van der Waals surface area contributed by atoms with E-state index in [2.05, 4.69) is 37.7 Å². The van der Waals surface area contributed by atoms with Crippen LogP contribution in [0.5, 0.6) is 0 Å². The van der Waals surface area contributed by atoms with Gasteiger partial charge in [-0.2, -0.15) is 0 Å². The van der Waals surface area contributed by atoms with Crippen LogP contribution >= 0.6 is 0 Å². The molecule has 0 spiro atoms. The van der Waals surface area contributed by atoms with Gasteiger partial charge in [0.1, 0.15) is 5.52 Å². The molecule has 0 saturated carbocycles. The third-order valence-electron chi connectivity index (χ3n) is 2.61. The Hall–Kier alpha value is -1.55. The van der Waals surface area contributed by atoms with Crippen LogP contribution in [0, 0.1) is 5.41 Å². The van der Waals surface area contributed by atoms with E-state index in [1.807, 2.05) is 18.2 Å². The van der Waals surface area contributed by atoms with Crippen molar-refractivity contribution in [3.8, 4) is 0 Å². The van der Waals surface area contributed by atoms with Crippen molar-refractivity contribution < 1.29 is 4.42 Å². The van der Waals surface area contributed by atoms with Crippen LogP contribution in [0.1, 0.15) is 26.7 Å². The third-order valence-corrected chi connectivity index (χ3v) is 2.61. The second-order valence-corrected chi connectivity index (χ2v) is 6.07. The average Bonchev–Trinajstić information content (AvgIpc) is 2.55. The lowest BCUT2D eigenvalue weighted by molar-refractivity contribution is 0.206. The molecule has 0 atom stereocenters. The van der Waals surface area contributed by atoms with E-state index in [1.54, 1.807) is 0 Å². The molecule has 4 heteroatoms. The normalized spacial score (nSPS) is 12.5. The minimum atomic E-state index is 0.269. The SMILES string of the molecule is CN(Cc1nc2ccc(N)cc2o1)CC(C)(C)C. The van der Waals surface area contributed by atoms with Crippen molar-refractivity contribution in [1.29, 1.82) is 0 Å². The van der Waals surface area contributed by atoms with Crippen LogP contribution in [-0.4, -0.2) is 23.5 Å². The van der Waals surface area contributed by atoms with Crippen molar-refractivity contribution in [3.63, 3.8) is 0 Å². The van der Waals surface area contributed by atoms with Gasteiger partial charge in [0.05, 0.1) is 6.54 Å². The number of benzene rings is 1. The quantitative estimate of drug-likeness (QED) is 0.847. The van der Waals surface area contributed by atoms with Gasteiger partial charge in [-0.05, 0) is 24.6 Å². The predicted molar refractivity (Wildman–Crippen MR) is 74.2 cm³/mol. The van der Waals surface area contributed by atoms with Crippen LogP contribution < -0.4 is 5.73 Å². The number of nitrogens with two attached hydrogens (primary N) is 1. The number of oxazole rings is 1. The molecule has 0 radical (unpaired) electrons. The monoisotopic (exact) mass is 247 g/mol. The Balaban J connectivity index is 2.12. The summed E-state index contributed by atoms with van der Waals surface area (Å²) in [5.41, 5.74) is 8.31. The first-order chi connectivity index (χ1) is 8.33. The molecule has 0 aliphatic heterocycles. The van der Waals surface area contributed by atoms with Crippen molar-refractivity contribution >= 4 is 16.8 Å². The van der Waals surface area contributed by atoms with E-state index in [0.29, 0.717) is 12.2 Å². The van der Waals surface area contributed by atoms with E-state index < -0.39 is 0 Å². The predicted octanol–water partition coefficient (Wildman–Crippen LogP) is 2.89. The maximum Gasteiger partial charge on any atom is 0.209 e. The molecule has 2 rings (SSSR count). The van der Waals surface area contributed by atoms with Gasteiger partial charge in [-0.15, -0.1) is 0 Å². The van der Waals surface area contributed by atoms with Crippen molar-refractivity contribution in [3.05, 3.63) is 24.1 Å². The molecule has 0 bridgehead atoms. The zero-order valence-electron chi connectivity index (χ0n) is 11.5. The minimum absolute atomic E-state index is 0.269. The van der Waals surface area contributed by atoms with E-state index in [1.165, 1.54) is 0 Å². The molecule has 1 aromatic carbocycles. The Bertz CT molecular complexity index is 539. The van der Waals surface area contributed by atoms with Crippen LogP contribution in [0.4, 0.5) is 5.69 Å². The fraction of sp³-hybridized carbons (Fsp3) is 0.500. The first-order valence-corrected chi connectivity index (χ1v) is 6.17. The summed E-state index contributed by atoms with van der Waals surface area (Å²) in [5, 5.41) is 0. The summed E-state index contributed by atoms with van der Waals surface area (Å²) in [5.74, 6) is 0.738. The Kier molecular flexibility index (Phi) is 3.30. The van der Waals surface area contributed by atoms with E-state index in [-0.39, 0.29) is 5.41 Å². The molecule has 4 nitrogen and oxygen atoms in total. The van der Waals surface area contributed by atoms with Gasteiger partial charge >= 0.3 is 0 Å². The average molecular weight is 247 g/mol. The third kappa shape index (κ3) is 3.23. The number of anilines is 1. The standard InChI is InChI=1S/C14H21N3O/c1-14(2,3)9-17(4)8-13-16-11-6-5-10(15)7-12(11)18-13/h5-7H,8-9,15H2,1-4H3. The van der Waals surface area contributed by atoms with E-state index in [4.69, 9.17) is 10.2 Å². The molecule has 0 saturated heterocycles. The first-order valence-electron chi connectivity index (χ1n) is 6.17. The number of rotatable bonds is 3. The number of hydrogen-bond acceptors (Lipinski definition) is 4. The van der Waals surface area contributed by atoms with Crippen molar-refractivity contribution in [2.45, 2.75) is 27.3 Å². The Labute approximate surface area is 108 Å². The molecule has 0 aliphatic carbocycles. The molecule has 2 aromatic rings. The van der Waals surface area contributed by atoms with Gasteiger partial charge in [0, 0.05) is 18.3 Å². The van der Waals surface area contributed by atoms with E-state index in [9.17, 15) is 0 Å². The molecular formula is C14H21N3O. The largest absolute Gasteiger partial charge is 0.439 e. The molecule has 0 unspecified atom stereocenters. The summed E-state index contributed by atoms with van der Waals surface area (Å²) in [4.78, 5) is 6.68. The maximum atomic E-state index is 5.72. The van der Waals surface area contributed by atoms with Gasteiger partial charge in [0.15, 0.2) is 5.58 Å². The lowest BCUT2D eigenvalue weighted by Gasteiger charge is -2.25. The fourth-order valence-electron chi connectivity index (χ4n) is 2.15. The minimum Gasteiger partial charge on any atom is -0.439 e. The summed E-state index contributed by atoms with van der Waals surface area (Å²) in [6.45, 7) is 8.36. The number of nitrogen functional groups attached to an aromatic ring is 1. The van der Waals surface area contributed by atoms with Crippen LogP contribution in [0.25, 0.3) is 11.1 Å². The maximum absolute atomic E-state index is 5.72. The Morgan fingerprint density at radius 1 is 1.33 bits per heavy atom. The smallest absolute Gasteiger partial charge is 0.209 e. The zero-order valence-corrected chi connectivity index (χ0v) is 11.5. The molecule has 0 aliphatic rings. The van der Waals surface area contributed by atoms with Gasteiger partial charge in [0.25, 0.3) is 0 Å². The highest BCUT2D eigenvalue weighted by atomic mass is 16.3. The van der Waals surface area contributed by atoms with E-state index >= 15 is 0 Å². The van der Waals surface area contributed by atoms with Gasteiger partial charge in [0.2, 0.25) is 5.89 Å². The molecule has 0 fully saturated rings. The second-order valence-electron chi connectivity index (χ2n) is 6.07. The van der Waals surface area contributed by atoms with E-state index in [0.717, 1.165) is 23.5 Å². The van der Waals surface area contributed by atoms with Crippen LogP contribution in [-0.2, 0) is 6.54 Å². The van der Waals surface area contributed by atoms with Crippen LogP contribution in [0.15, 0.2) is 22.6 Å². The van der Waals surface area contributed by atoms with Crippen LogP contribution in [0.3, 0.4) is 0 Å². The summed E-state index contributed by atoms with van der Waals surface area (Å²) in [6.07, 6.45) is 0. The molecule has 1 heterocycles. The summed E-state index contributed by atoms with van der Waals surface area (Å²) in [7, 11) is 2.08. The summed E-state index contributed by atoms with van der Waals surface area (Å²) >= 11 is 0. The molecule has 98 valence electrons. The van der Waals surface area contributed by atoms with Gasteiger partial charge < -0.3 is 10.2 Å².